The summed E-state index contributed by atoms with van der Waals surface area (Å²) in [6, 6.07) is -1.38. The molecule has 4 amide bonds. The predicted molar refractivity (Wildman–Crippen MR) is 262 cm³/mol. The van der Waals surface area contributed by atoms with Gasteiger partial charge in [0.05, 0.1) is 74.0 Å². The molecule has 1 heterocycles. The molecule has 14 atom stereocenters. The first kappa shape index (κ1) is 66.2. The maximum Gasteiger partial charge on any atom is 0.236 e. The summed E-state index contributed by atoms with van der Waals surface area (Å²) in [7, 11) is 7.44. The van der Waals surface area contributed by atoms with E-state index in [-0.39, 0.29) is 61.9 Å². The average Bonchev–Trinajstić information content (AvgIpc) is 3.35. The van der Waals surface area contributed by atoms with Crippen molar-refractivity contribution >= 4 is 23.6 Å². The molecule has 3 aliphatic rings. The van der Waals surface area contributed by atoms with Gasteiger partial charge >= 0.3 is 0 Å². The maximum atomic E-state index is 11.4. The fraction of sp³-hybridized carbons (Fsp3) is 0.911. The second-order valence-corrected chi connectivity index (χ2v) is 17.4. The molecule has 0 spiro atoms. The largest absolute Gasteiger partial charge is 0.400 e. The van der Waals surface area contributed by atoms with Gasteiger partial charge in [0.1, 0.15) is 12.2 Å². The molecule has 2 aliphatic carbocycles. The van der Waals surface area contributed by atoms with Gasteiger partial charge in [-0.3, -0.25) is 19.2 Å². The molecular formula is C45H96N10O14. The molecule has 24 heteroatoms. The SMILES string of the molecule is CNC(=O)CCCCCOC1C(CN)CC(OC)C(N)C1O.CNC(=O)CCCCCOC1C(CN)OCC(N)C1O.CO.COC1CC(CN)C(OCCCCCC(=O)NCC(N)=O)C(O)C1N.[HH]. The highest BCUT2D eigenvalue weighted by Gasteiger charge is 2.44. The molecule has 0 aromatic rings. The summed E-state index contributed by atoms with van der Waals surface area (Å²) in [5.41, 5.74) is 39.9. The fourth-order valence-electron chi connectivity index (χ4n) is 8.23. The van der Waals surface area contributed by atoms with E-state index in [1.807, 2.05) is 0 Å². The van der Waals surface area contributed by atoms with Crippen LogP contribution >= 0.6 is 0 Å². The molecular weight excluding hydrogens is 905 g/mol. The Morgan fingerprint density at radius 3 is 1.33 bits per heavy atom. The van der Waals surface area contributed by atoms with Gasteiger partial charge in [-0.15, -0.1) is 0 Å². The molecule has 21 N–H and O–H groups in total. The van der Waals surface area contributed by atoms with E-state index in [0.717, 1.165) is 58.5 Å². The molecule has 0 aromatic heterocycles. The highest BCUT2D eigenvalue weighted by atomic mass is 16.6. The van der Waals surface area contributed by atoms with Gasteiger partial charge in [-0.1, -0.05) is 19.3 Å². The van der Waals surface area contributed by atoms with E-state index in [9.17, 15) is 34.5 Å². The lowest BCUT2D eigenvalue weighted by atomic mass is 9.79. The predicted octanol–water partition coefficient (Wildman–Crippen LogP) is -3.85. The molecule has 0 radical (unpaired) electrons. The number of nitrogens with two attached hydrogens (primary N) is 7. The second kappa shape index (κ2) is 39.8. The summed E-state index contributed by atoms with van der Waals surface area (Å²) in [4.78, 5) is 44.1. The second-order valence-electron chi connectivity index (χ2n) is 17.4. The number of amides is 4. The number of rotatable bonds is 28. The zero-order valence-electron chi connectivity index (χ0n) is 42.1. The minimum absolute atomic E-state index is 0. The van der Waals surface area contributed by atoms with Crippen LogP contribution in [0.5, 0.6) is 0 Å². The first-order chi connectivity index (χ1) is 33.0. The number of hydrogen-bond donors (Lipinski definition) is 14. The molecule has 3 rings (SSSR count). The molecule has 24 nitrogen and oxygen atoms in total. The van der Waals surface area contributed by atoms with Crippen LogP contribution in [-0.4, -0.2) is 205 Å². The standard InChI is InChI=1S/C16H32N4O5.C15H31N3O4.C13H27N3O4.CH4O.H2/c1-24-11-7-10(8-17)16(15(23)14(11)19)25-6-4-2-3-5-13(22)20-9-12(18)21;1-18-12(19)6-4-3-5-7-22-15-10(9-16)8-11(21-2)13(17)14(15)20;1-16-11(17)5-3-2-4-6-19-13-10(7-14)20-8-9(15)12(13)18;1-2;/h10-11,14-16,23H,2-9,17,19H2,1H3,(H2,18,21)(H,20,22);10-11,13-15,20H,3-9,16-17H2,1-2H3,(H,18,19);9-10,12-13,18H,2-8,14-15H2,1H3,(H,16,17);2H,1H3;1H. The topological polar surface area (TPSA) is 423 Å². The van der Waals surface area contributed by atoms with Crippen LogP contribution in [-0.2, 0) is 47.6 Å². The number of carbonyl (C=O) groups is 4. The van der Waals surface area contributed by atoms with Gasteiger partial charge in [0.2, 0.25) is 23.6 Å². The lowest BCUT2D eigenvalue weighted by Crippen LogP contribution is -2.60. The summed E-state index contributed by atoms with van der Waals surface area (Å²) in [5.74, 6) is -0.595. The lowest BCUT2D eigenvalue weighted by Gasteiger charge is -2.42. The molecule has 3 fully saturated rings. The van der Waals surface area contributed by atoms with E-state index >= 15 is 0 Å². The van der Waals surface area contributed by atoms with Crippen molar-refractivity contribution in [2.24, 2.45) is 52.0 Å². The number of carbonyl (C=O) groups excluding carboxylic acids is 4. The number of aliphatic hydroxyl groups excluding tert-OH is 4. The number of hydrogen-bond acceptors (Lipinski definition) is 20. The minimum Gasteiger partial charge on any atom is -0.400 e. The van der Waals surface area contributed by atoms with Crippen molar-refractivity contribution in [1.82, 2.24) is 16.0 Å². The monoisotopic (exact) mass is 1000 g/mol. The normalized spacial score (nSPS) is 29.7. The molecule has 2 saturated carbocycles. The van der Waals surface area contributed by atoms with Crippen molar-refractivity contribution in [2.45, 2.75) is 163 Å². The van der Waals surface area contributed by atoms with E-state index < -0.39 is 54.6 Å². The Hall–Kier alpha value is -2.76. The third-order valence-electron chi connectivity index (χ3n) is 12.5. The van der Waals surface area contributed by atoms with Gasteiger partial charge in [-0.25, -0.2) is 0 Å². The number of aliphatic hydroxyl groups is 4. The Bertz CT molecular complexity index is 1350. The van der Waals surface area contributed by atoms with Crippen LogP contribution in [0.2, 0.25) is 0 Å². The minimum atomic E-state index is -0.813. The summed E-state index contributed by atoms with van der Waals surface area (Å²) in [6.07, 6.45) is 5.91. The Morgan fingerprint density at radius 1 is 0.594 bits per heavy atom. The summed E-state index contributed by atoms with van der Waals surface area (Å²) in [5, 5.41) is 45.3. The van der Waals surface area contributed by atoms with Crippen LogP contribution < -0.4 is 56.1 Å². The zero-order valence-corrected chi connectivity index (χ0v) is 42.1. The van der Waals surface area contributed by atoms with E-state index in [1.165, 1.54) is 0 Å². The van der Waals surface area contributed by atoms with Crippen molar-refractivity contribution in [2.75, 3.05) is 88.0 Å². The van der Waals surface area contributed by atoms with Crippen molar-refractivity contribution in [3.05, 3.63) is 0 Å². The molecule has 1 saturated heterocycles. The van der Waals surface area contributed by atoms with Crippen molar-refractivity contribution in [3.8, 4) is 0 Å². The molecule has 0 aromatic carbocycles. The van der Waals surface area contributed by atoms with Gasteiger partial charge in [0.25, 0.3) is 0 Å². The Balaban J connectivity index is 0. The van der Waals surface area contributed by atoms with Gasteiger partial charge in [0, 0.05) is 94.3 Å². The van der Waals surface area contributed by atoms with E-state index in [4.69, 9.17) is 73.7 Å². The number of ether oxygens (including phenoxy) is 6. The lowest BCUT2D eigenvalue weighted by molar-refractivity contribution is -0.164. The van der Waals surface area contributed by atoms with Crippen LogP contribution in [0.15, 0.2) is 0 Å². The van der Waals surface area contributed by atoms with Gasteiger partial charge in [0.15, 0.2) is 0 Å². The average molecular weight is 1000 g/mol. The van der Waals surface area contributed by atoms with E-state index in [2.05, 4.69) is 16.0 Å². The van der Waals surface area contributed by atoms with Crippen molar-refractivity contribution in [1.29, 1.82) is 0 Å². The summed E-state index contributed by atoms with van der Waals surface area (Å²) >= 11 is 0. The van der Waals surface area contributed by atoms with Crippen molar-refractivity contribution < 1.29 is 69.5 Å². The smallest absolute Gasteiger partial charge is 0.236 e. The number of primary amides is 1. The number of nitrogens with one attached hydrogen (secondary N) is 3. The Labute approximate surface area is 411 Å². The van der Waals surface area contributed by atoms with E-state index in [0.29, 0.717) is 84.6 Å². The van der Waals surface area contributed by atoms with Crippen LogP contribution in [0.1, 0.15) is 91.3 Å². The molecule has 0 bridgehead atoms. The van der Waals surface area contributed by atoms with E-state index in [1.54, 1.807) is 28.3 Å². The van der Waals surface area contributed by atoms with Crippen LogP contribution in [0.3, 0.4) is 0 Å². The first-order valence-corrected chi connectivity index (χ1v) is 24.4. The van der Waals surface area contributed by atoms with Crippen LogP contribution in [0, 0.1) is 11.8 Å². The molecule has 410 valence electrons. The Kier molecular flexibility index (Phi) is 38.2. The number of unbranched alkanes of at least 4 members (excludes halogenated alkanes) is 6. The summed E-state index contributed by atoms with van der Waals surface area (Å²) in [6.45, 7) is 2.80. The van der Waals surface area contributed by atoms with Gasteiger partial charge < -0.3 is 105 Å². The Morgan fingerprint density at radius 2 is 0.986 bits per heavy atom. The van der Waals surface area contributed by atoms with Crippen LogP contribution in [0.25, 0.3) is 0 Å². The molecule has 1 aliphatic heterocycles. The third-order valence-corrected chi connectivity index (χ3v) is 12.5. The maximum absolute atomic E-state index is 11.4. The molecule has 14 unspecified atom stereocenters. The first-order valence-electron chi connectivity index (χ1n) is 24.4. The zero-order chi connectivity index (χ0) is 52.3. The van der Waals surface area contributed by atoms with Crippen LogP contribution in [0.4, 0.5) is 0 Å². The summed E-state index contributed by atoms with van der Waals surface area (Å²) < 4.78 is 33.4. The van der Waals surface area contributed by atoms with Crippen molar-refractivity contribution in [3.63, 3.8) is 0 Å². The third kappa shape index (κ3) is 26.0. The van der Waals surface area contributed by atoms with Gasteiger partial charge in [-0.2, -0.15) is 0 Å². The fourth-order valence-corrected chi connectivity index (χ4v) is 8.23. The van der Waals surface area contributed by atoms with Gasteiger partial charge in [-0.05, 0) is 64.5 Å². The number of methoxy groups -OCH3 is 2. The quantitative estimate of drug-likeness (QED) is 0.0334. The highest BCUT2D eigenvalue weighted by molar-refractivity contribution is 5.83. The highest BCUT2D eigenvalue weighted by Crippen LogP contribution is 2.30. The molecule has 69 heavy (non-hydrogen) atoms.